The highest BCUT2D eigenvalue weighted by Crippen LogP contribution is 2.37. The van der Waals surface area contributed by atoms with E-state index in [1.165, 1.54) is 17.3 Å². The van der Waals surface area contributed by atoms with Gasteiger partial charge in [0.25, 0.3) is 0 Å². The molecule has 2 aromatic rings. The van der Waals surface area contributed by atoms with E-state index in [0.717, 1.165) is 22.6 Å². The van der Waals surface area contributed by atoms with Crippen LogP contribution in [0.1, 0.15) is 26.3 Å². The highest BCUT2D eigenvalue weighted by Gasteiger charge is 2.30. The van der Waals surface area contributed by atoms with Crippen molar-refractivity contribution >= 4 is 17.7 Å². The number of aliphatic carboxylic acids is 1. The summed E-state index contributed by atoms with van der Waals surface area (Å²) in [6.07, 6.45) is 2.70. The van der Waals surface area contributed by atoms with Gasteiger partial charge in [0, 0.05) is 11.8 Å². The Labute approximate surface area is 129 Å². The third-order valence-electron chi connectivity index (χ3n) is 3.31. The molecule has 0 amide bonds. The smallest absolute Gasteiger partial charge is 0.319 e. The molecule has 21 heavy (non-hydrogen) atoms. The number of carbonyl (C=O) groups is 1. The van der Waals surface area contributed by atoms with Crippen LogP contribution in [0.3, 0.4) is 0 Å². The van der Waals surface area contributed by atoms with Crippen LogP contribution in [0.5, 0.6) is 0 Å². The molecule has 1 heterocycles. The summed E-state index contributed by atoms with van der Waals surface area (Å²) in [6, 6.07) is 12.2. The van der Waals surface area contributed by atoms with E-state index in [0.29, 0.717) is 0 Å². The SMILES string of the molecule is CCc1ccc(-c2cccnc2SC(C)(C)C(=O)O)cc1. The summed E-state index contributed by atoms with van der Waals surface area (Å²) in [4.78, 5) is 15.7. The summed E-state index contributed by atoms with van der Waals surface area (Å²) in [5, 5.41) is 10.0. The zero-order valence-corrected chi connectivity index (χ0v) is 13.3. The Kier molecular flexibility index (Phi) is 4.68. The lowest BCUT2D eigenvalue weighted by Crippen LogP contribution is -2.27. The monoisotopic (exact) mass is 301 g/mol. The molecule has 1 N–H and O–H groups in total. The molecule has 0 aliphatic carbocycles. The quantitative estimate of drug-likeness (QED) is 0.838. The maximum absolute atomic E-state index is 11.3. The van der Waals surface area contributed by atoms with Gasteiger partial charge in [-0.2, -0.15) is 0 Å². The first kappa shape index (κ1) is 15.6. The second-order valence-corrected chi connectivity index (χ2v) is 6.94. The number of rotatable bonds is 5. The van der Waals surface area contributed by atoms with Crippen molar-refractivity contribution in [3.63, 3.8) is 0 Å². The van der Waals surface area contributed by atoms with Gasteiger partial charge in [0.15, 0.2) is 0 Å². The molecule has 0 unspecified atom stereocenters. The van der Waals surface area contributed by atoms with E-state index >= 15 is 0 Å². The third-order valence-corrected chi connectivity index (χ3v) is 4.51. The number of carboxylic acid groups (broad SMARTS) is 1. The van der Waals surface area contributed by atoms with Gasteiger partial charge in [-0.15, -0.1) is 0 Å². The number of benzene rings is 1. The fourth-order valence-corrected chi connectivity index (χ4v) is 2.88. The molecule has 0 radical (unpaired) electrons. The van der Waals surface area contributed by atoms with E-state index in [-0.39, 0.29) is 0 Å². The Morgan fingerprint density at radius 2 is 1.90 bits per heavy atom. The molecule has 0 aliphatic heterocycles. The molecule has 3 nitrogen and oxygen atoms in total. The molecule has 110 valence electrons. The van der Waals surface area contributed by atoms with E-state index in [1.54, 1.807) is 20.0 Å². The summed E-state index contributed by atoms with van der Waals surface area (Å²) in [5.74, 6) is -0.842. The Bertz CT molecular complexity index is 635. The fraction of sp³-hybridized carbons (Fsp3) is 0.294. The predicted octanol–water partition coefficient (Wildman–Crippen LogP) is 4.27. The second kappa shape index (κ2) is 6.31. The Morgan fingerprint density at radius 1 is 1.24 bits per heavy atom. The first-order valence-electron chi connectivity index (χ1n) is 6.91. The number of thioether (sulfide) groups is 1. The summed E-state index contributed by atoms with van der Waals surface area (Å²) >= 11 is 1.27. The van der Waals surface area contributed by atoms with Gasteiger partial charge in [0.05, 0.1) is 0 Å². The lowest BCUT2D eigenvalue weighted by Gasteiger charge is -2.19. The Balaban J connectivity index is 2.38. The van der Waals surface area contributed by atoms with Crippen LogP contribution in [0.15, 0.2) is 47.6 Å². The van der Waals surface area contributed by atoms with E-state index in [4.69, 9.17) is 0 Å². The molecule has 0 saturated heterocycles. The fourth-order valence-electron chi connectivity index (χ4n) is 1.90. The summed E-state index contributed by atoms with van der Waals surface area (Å²) in [6.45, 7) is 5.51. The van der Waals surface area contributed by atoms with Crippen LogP contribution in [0.4, 0.5) is 0 Å². The van der Waals surface area contributed by atoms with Crippen LogP contribution in [-0.2, 0) is 11.2 Å². The van der Waals surface area contributed by atoms with Crippen molar-refractivity contribution in [1.82, 2.24) is 4.98 Å². The van der Waals surface area contributed by atoms with Gasteiger partial charge in [-0.05, 0) is 37.5 Å². The summed E-state index contributed by atoms with van der Waals surface area (Å²) in [7, 11) is 0. The molecular weight excluding hydrogens is 282 g/mol. The average Bonchev–Trinajstić information content (AvgIpc) is 2.47. The first-order valence-corrected chi connectivity index (χ1v) is 7.72. The second-order valence-electron chi connectivity index (χ2n) is 5.32. The molecule has 0 saturated carbocycles. The number of hydrogen-bond donors (Lipinski definition) is 1. The van der Waals surface area contributed by atoms with Gasteiger partial charge in [-0.1, -0.05) is 49.0 Å². The molecule has 0 spiro atoms. The van der Waals surface area contributed by atoms with Crippen molar-refractivity contribution in [3.05, 3.63) is 48.2 Å². The topological polar surface area (TPSA) is 50.2 Å². The number of aromatic nitrogens is 1. The van der Waals surface area contributed by atoms with Crippen molar-refractivity contribution in [2.75, 3.05) is 0 Å². The van der Waals surface area contributed by atoms with E-state index in [2.05, 4.69) is 36.2 Å². The highest BCUT2D eigenvalue weighted by molar-refractivity contribution is 8.01. The number of hydrogen-bond acceptors (Lipinski definition) is 3. The zero-order valence-electron chi connectivity index (χ0n) is 12.5. The van der Waals surface area contributed by atoms with Gasteiger partial charge in [-0.3, -0.25) is 4.79 Å². The lowest BCUT2D eigenvalue weighted by molar-refractivity contribution is -0.138. The number of aryl methyl sites for hydroxylation is 1. The van der Waals surface area contributed by atoms with E-state index in [9.17, 15) is 9.90 Å². The normalized spacial score (nSPS) is 11.4. The van der Waals surface area contributed by atoms with Crippen molar-refractivity contribution in [2.45, 2.75) is 37.0 Å². The van der Waals surface area contributed by atoms with Gasteiger partial charge in [0.1, 0.15) is 9.77 Å². The van der Waals surface area contributed by atoms with E-state index < -0.39 is 10.7 Å². The number of pyridine rings is 1. The first-order chi connectivity index (χ1) is 9.94. The van der Waals surface area contributed by atoms with E-state index in [1.807, 2.05) is 12.1 Å². The maximum Gasteiger partial charge on any atom is 0.319 e. The van der Waals surface area contributed by atoms with Gasteiger partial charge in [-0.25, -0.2) is 4.98 Å². The summed E-state index contributed by atoms with van der Waals surface area (Å²) in [5.41, 5.74) is 3.31. The highest BCUT2D eigenvalue weighted by atomic mass is 32.2. The zero-order chi connectivity index (χ0) is 15.5. The van der Waals surface area contributed by atoms with Crippen LogP contribution >= 0.6 is 11.8 Å². The molecule has 0 fully saturated rings. The molecule has 0 atom stereocenters. The minimum absolute atomic E-state index is 0.745. The number of nitrogens with zero attached hydrogens (tertiary/aromatic N) is 1. The van der Waals surface area contributed by atoms with Crippen molar-refractivity contribution in [3.8, 4) is 11.1 Å². The molecule has 4 heteroatoms. The molecule has 1 aromatic carbocycles. The van der Waals surface area contributed by atoms with Crippen LogP contribution in [0.25, 0.3) is 11.1 Å². The van der Waals surface area contributed by atoms with Gasteiger partial charge in [0.2, 0.25) is 0 Å². The van der Waals surface area contributed by atoms with Crippen molar-refractivity contribution in [2.24, 2.45) is 0 Å². The molecular formula is C17H19NO2S. The number of carboxylic acids is 1. The Morgan fingerprint density at radius 3 is 2.48 bits per heavy atom. The van der Waals surface area contributed by atoms with Crippen LogP contribution in [0, 0.1) is 0 Å². The third kappa shape index (κ3) is 3.64. The molecule has 2 rings (SSSR count). The maximum atomic E-state index is 11.3. The van der Waals surface area contributed by atoms with Gasteiger partial charge < -0.3 is 5.11 Å². The molecule has 1 aromatic heterocycles. The standard InChI is InChI=1S/C17H19NO2S/c1-4-12-7-9-13(10-8-12)14-6-5-11-18-15(14)21-17(2,3)16(19)20/h5-11H,4H2,1-3H3,(H,19,20). The molecule has 0 bridgehead atoms. The molecule has 0 aliphatic rings. The summed E-state index contributed by atoms with van der Waals surface area (Å²) < 4.78 is -0.910. The van der Waals surface area contributed by atoms with Crippen LogP contribution in [-0.4, -0.2) is 20.8 Å². The largest absolute Gasteiger partial charge is 0.480 e. The minimum atomic E-state index is -0.910. The van der Waals surface area contributed by atoms with Crippen molar-refractivity contribution in [1.29, 1.82) is 0 Å². The predicted molar refractivity (Wildman–Crippen MR) is 86.6 cm³/mol. The van der Waals surface area contributed by atoms with Gasteiger partial charge >= 0.3 is 5.97 Å². The van der Waals surface area contributed by atoms with Crippen LogP contribution < -0.4 is 0 Å². The minimum Gasteiger partial charge on any atom is -0.480 e. The van der Waals surface area contributed by atoms with Crippen molar-refractivity contribution < 1.29 is 9.90 Å². The average molecular weight is 301 g/mol. The lowest BCUT2D eigenvalue weighted by atomic mass is 10.0. The Hall–Kier alpha value is -1.81. The van der Waals surface area contributed by atoms with Crippen LogP contribution in [0.2, 0.25) is 0 Å².